The van der Waals surface area contributed by atoms with E-state index < -0.39 is 28.6 Å². The molecule has 0 amide bonds. The lowest BCUT2D eigenvalue weighted by atomic mass is 10.2. The summed E-state index contributed by atoms with van der Waals surface area (Å²) >= 11 is 0. The Labute approximate surface area is 146 Å². The number of sulfonamides is 1. The van der Waals surface area contributed by atoms with E-state index >= 15 is 0 Å². The zero-order valence-corrected chi connectivity index (χ0v) is 14.7. The molecule has 0 aliphatic heterocycles. The Morgan fingerprint density at radius 1 is 1.32 bits per heavy atom. The number of benzene rings is 1. The van der Waals surface area contributed by atoms with Gasteiger partial charge in [0, 0.05) is 0 Å². The van der Waals surface area contributed by atoms with E-state index in [1.807, 2.05) is 6.92 Å². The highest BCUT2D eigenvalue weighted by molar-refractivity contribution is 7.89. The first-order valence-electron chi connectivity index (χ1n) is 7.51. The average molecular weight is 362 g/mol. The van der Waals surface area contributed by atoms with Crippen LogP contribution in [0.25, 0.3) is 0 Å². The van der Waals surface area contributed by atoms with Crippen LogP contribution in [0.2, 0.25) is 0 Å². The number of carbonyl (C=O) groups excluding carboxylic acids is 1. The predicted octanol–water partition coefficient (Wildman–Crippen LogP) is 2.23. The topological polar surface area (TPSA) is 101 Å². The van der Waals surface area contributed by atoms with E-state index in [1.54, 1.807) is 30.3 Å². The van der Waals surface area contributed by atoms with Gasteiger partial charge in [-0.15, -0.1) is 0 Å². The summed E-state index contributed by atoms with van der Waals surface area (Å²) in [5.41, 5.74) is 0.916. The van der Waals surface area contributed by atoms with Crippen LogP contribution in [-0.2, 0) is 26.1 Å². The smallest absolute Gasteiger partial charge is 0.322 e. The fourth-order valence-corrected chi connectivity index (χ4v) is 3.42. The van der Waals surface area contributed by atoms with Crippen LogP contribution < -0.4 is 0 Å². The Morgan fingerprint density at radius 2 is 2.00 bits per heavy atom. The molecule has 0 aliphatic carbocycles. The third-order valence-electron chi connectivity index (χ3n) is 3.37. The second-order valence-corrected chi connectivity index (χ2v) is 7.36. The summed E-state index contributed by atoms with van der Waals surface area (Å²) in [6, 6.07) is 11.3. The maximum Gasteiger partial charge on any atom is 0.322 e. The minimum atomic E-state index is -3.94. The van der Waals surface area contributed by atoms with Gasteiger partial charge >= 0.3 is 5.97 Å². The Bertz CT molecular complexity index is 851. The zero-order valence-electron chi connectivity index (χ0n) is 13.9. The van der Waals surface area contributed by atoms with Gasteiger partial charge in [0.25, 0.3) is 0 Å². The van der Waals surface area contributed by atoms with Crippen LogP contribution in [0.1, 0.15) is 18.2 Å². The molecule has 0 spiro atoms. The van der Waals surface area contributed by atoms with Crippen molar-refractivity contribution in [2.45, 2.75) is 31.4 Å². The van der Waals surface area contributed by atoms with Crippen molar-refractivity contribution in [2.24, 2.45) is 0 Å². The fourth-order valence-electron chi connectivity index (χ4n) is 2.07. The van der Waals surface area contributed by atoms with Gasteiger partial charge in [0.2, 0.25) is 10.0 Å². The van der Waals surface area contributed by atoms with E-state index in [1.165, 1.54) is 25.3 Å². The number of furan rings is 1. The summed E-state index contributed by atoms with van der Waals surface area (Å²) in [5, 5.41) is 8.71. The van der Waals surface area contributed by atoms with Crippen molar-refractivity contribution >= 4 is 16.0 Å². The number of nitrogens with zero attached hydrogens (tertiary/aromatic N) is 2. The molecule has 0 radical (unpaired) electrons. The molecule has 0 aliphatic rings. The number of rotatable bonds is 7. The van der Waals surface area contributed by atoms with Crippen LogP contribution in [0.5, 0.6) is 0 Å². The molecule has 0 unspecified atom stereocenters. The van der Waals surface area contributed by atoms with Gasteiger partial charge in [0.15, 0.2) is 6.10 Å². The average Bonchev–Trinajstić information content (AvgIpc) is 3.07. The number of ether oxygens (including phenoxy) is 1. The minimum absolute atomic E-state index is 0.0609. The Morgan fingerprint density at radius 3 is 2.56 bits per heavy atom. The van der Waals surface area contributed by atoms with Gasteiger partial charge in [-0.05, 0) is 38.1 Å². The van der Waals surface area contributed by atoms with E-state index in [4.69, 9.17) is 14.4 Å². The molecule has 1 aromatic heterocycles. The lowest BCUT2D eigenvalue weighted by Crippen LogP contribution is -2.36. The van der Waals surface area contributed by atoms with Gasteiger partial charge < -0.3 is 9.15 Å². The second-order valence-electron chi connectivity index (χ2n) is 5.43. The first-order valence-corrected chi connectivity index (χ1v) is 8.95. The second kappa shape index (κ2) is 7.96. The molecule has 8 heteroatoms. The summed E-state index contributed by atoms with van der Waals surface area (Å²) < 4.78 is 36.8. The molecule has 0 saturated carbocycles. The standard InChI is InChI=1S/C17H18N2O5S/c1-13-5-7-16(8-6-13)25(21,22)19(11-15-4-3-9-23-15)12-17(20)24-14(2)10-18/h3-9,14H,11-12H2,1-2H3/t14-/m0/s1. The number of hydrogen-bond acceptors (Lipinski definition) is 6. The first-order chi connectivity index (χ1) is 11.8. The molecular formula is C17H18N2O5S. The van der Waals surface area contributed by atoms with Crippen LogP contribution in [-0.4, -0.2) is 31.3 Å². The van der Waals surface area contributed by atoms with Gasteiger partial charge in [-0.25, -0.2) is 8.42 Å². The predicted molar refractivity (Wildman–Crippen MR) is 88.6 cm³/mol. The molecule has 1 heterocycles. The highest BCUT2D eigenvalue weighted by atomic mass is 32.2. The van der Waals surface area contributed by atoms with Crippen molar-refractivity contribution in [3.8, 4) is 6.07 Å². The van der Waals surface area contributed by atoms with Gasteiger partial charge in [-0.3, -0.25) is 4.79 Å². The minimum Gasteiger partial charge on any atom is -0.468 e. The van der Waals surface area contributed by atoms with Crippen molar-refractivity contribution in [2.75, 3.05) is 6.54 Å². The van der Waals surface area contributed by atoms with Gasteiger partial charge in [0.1, 0.15) is 18.4 Å². The van der Waals surface area contributed by atoms with Gasteiger partial charge in [-0.2, -0.15) is 9.57 Å². The van der Waals surface area contributed by atoms with Gasteiger partial charge in [0.05, 0.1) is 17.7 Å². The summed E-state index contributed by atoms with van der Waals surface area (Å²) in [5.74, 6) is -0.423. The third kappa shape index (κ3) is 4.92. The van der Waals surface area contributed by atoms with E-state index in [-0.39, 0.29) is 11.4 Å². The largest absolute Gasteiger partial charge is 0.468 e. The van der Waals surface area contributed by atoms with Crippen LogP contribution in [0.4, 0.5) is 0 Å². The van der Waals surface area contributed by atoms with Crippen molar-refractivity contribution in [1.82, 2.24) is 4.31 Å². The Kier molecular flexibility index (Phi) is 5.96. The molecule has 7 nitrogen and oxygen atoms in total. The van der Waals surface area contributed by atoms with Crippen LogP contribution in [0.15, 0.2) is 52.0 Å². The van der Waals surface area contributed by atoms with Crippen molar-refractivity contribution in [1.29, 1.82) is 5.26 Å². The highest BCUT2D eigenvalue weighted by Crippen LogP contribution is 2.19. The van der Waals surface area contributed by atoms with E-state index in [0.29, 0.717) is 5.76 Å². The monoisotopic (exact) mass is 362 g/mol. The van der Waals surface area contributed by atoms with Crippen molar-refractivity contribution < 1.29 is 22.4 Å². The number of hydrogen-bond donors (Lipinski definition) is 0. The molecular weight excluding hydrogens is 344 g/mol. The number of carbonyl (C=O) groups is 1. The van der Waals surface area contributed by atoms with Crippen LogP contribution in [0, 0.1) is 18.3 Å². The summed E-state index contributed by atoms with van der Waals surface area (Å²) in [6.07, 6.45) is 0.460. The van der Waals surface area contributed by atoms with E-state index in [2.05, 4.69) is 0 Å². The molecule has 0 fully saturated rings. The lowest BCUT2D eigenvalue weighted by Gasteiger charge is -2.21. The Balaban J connectivity index is 2.28. The molecule has 0 bridgehead atoms. The molecule has 2 rings (SSSR count). The van der Waals surface area contributed by atoms with Gasteiger partial charge in [-0.1, -0.05) is 17.7 Å². The van der Waals surface area contributed by atoms with Crippen LogP contribution >= 0.6 is 0 Å². The van der Waals surface area contributed by atoms with Crippen LogP contribution in [0.3, 0.4) is 0 Å². The molecule has 1 aromatic carbocycles. The third-order valence-corrected chi connectivity index (χ3v) is 5.17. The SMILES string of the molecule is Cc1ccc(S(=O)(=O)N(CC(=O)O[C@@H](C)C#N)Cc2ccco2)cc1. The quantitative estimate of drug-likeness (QED) is 0.700. The van der Waals surface area contributed by atoms with Crippen molar-refractivity contribution in [3.05, 3.63) is 54.0 Å². The molecule has 0 saturated heterocycles. The zero-order chi connectivity index (χ0) is 18.4. The maximum atomic E-state index is 12.9. The normalized spacial score (nSPS) is 12.6. The first kappa shape index (κ1) is 18.7. The Hall–Kier alpha value is -2.63. The fraction of sp³-hybridized carbons (Fsp3) is 0.294. The number of nitriles is 1. The summed E-state index contributed by atoms with van der Waals surface area (Å²) in [4.78, 5) is 12.0. The maximum absolute atomic E-state index is 12.9. The molecule has 1 atom stereocenters. The number of esters is 1. The highest BCUT2D eigenvalue weighted by Gasteiger charge is 2.28. The summed E-state index contributed by atoms with van der Waals surface area (Å²) in [7, 11) is -3.94. The lowest BCUT2D eigenvalue weighted by molar-refractivity contribution is -0.146. The molecule has 2 aromatic rings. The van der Waals surface area contributed by atoms with Crippen molar-refractivity contribution in [3.63, 3.8) is 0 Å². The molecule has 0 N–H and O–H groups in total. The van der Waals surface area contributed by atoms with E-state index in [0.717, 1.165) is 9.87 Å². The molecule has 25 heavy (non-hydrogen) atoms. The summed E-state index contributed by atoms with van der Waals surface area (Å²) in [6.45, 7) is 2.60. The van der Waals surface area contributed by atoms with E-state index in [9.17, 15) is 13.2 Å². The number of aryl methyl sites for hydroxylation is 1. The molecule has 132 valence electrons.